The first-order valence-electron chi connectivity index (χ1n) is 4.13. The van der Waals surface area contributed by atoms with Gasteiger partial charge in [0.05, 0.1) is 13.2 Å². The highest BCUT2D eigenvalue weighted by Gasteiger charge is 1.88. The molecule has 0 fully saturated rings. The summed E-state index contributed by atoms with van der Waals surface area (Å²) in [6.45, 7) is 3.75. The van der Waals surface area contributed by atoms with E-state index in [4.69, 9.17) is 16.3 Å². The third-order valence-corrected chi connectivity index (χ3v) is 2.42. The molecule has 0 radical (unpaired) electrons. The number of rotatable bonds is 8. The Hall–Kier alpha value is 0.600. The molecule has 0 heterocycles. The van der Waals surface area contributed by atoms with Crippen molar-refractivity contribution < 1.29 is 4.74 Å². The van der Waals surface area contributed by atoms with Gasteiger partial charge < -0.3 is 4.74 Å². The van der Waals surface area contributed by atoms with E-state index in [1.165, 1.54) is 18.6 Å². The lowest BCUT2D eigenvalue weighted by atomic mass is 10.4. The maximum Gasteiger partial charge on any atom is 0.0602 e. The van der Waals surface area contributed by atoms with Gasteiger partial charge in [0, 0.05) is 11.6 Å². The van der Waals surface area contributed by atoms with Gasteiger partial charge in [-0.15, -0.1) is 11.6 Å². The first-order chi connectivity index (χ1) is 5.41. The Bertz CT molecular complexity index is 63.1. The minimum Gasteiger partial charge on any atom is -0.379 e. The second-order valence-electron chi connectivity index (χ2n) is 2.27. The van der Waals surface area contributed by atoms with Crippen LogP contribution in [0.2, 0.25) is 0 Å². The van der Waals surface area contributed by atoms with E-state index in [-0.39, 0.29) is 0 Å². The molecule has 0 aromatic heterocycles. The van der Waals surface area contributed by atoms with E-state index in [9.17, 15) is 0 Å². The highest BCUT2D eigenvalue weighted by molar-refractivity contribution is 7.99. The van der Waals surface area contributed by atoms with Crippen LogP contribution >= 0.6 is 23.4 Å². The normalized spacial score (nSPS) is 10.4. The van der Waals surface area contributed by atoms with Gasteiger partial charge in [0.1, 0.15) is 0 Å². The molecule has 11 heavy (non-hydrogen) atoms. The molecule has 0 unspecified atom stereocenters. The number of thioether (sulfide) groups is 1. The quantitative estimate of drug-likeness (QED) is 0.436. The molecule has 0 bridgehead atoms. The lowest BCUT2D eigenvalue weighted by molar-refractivity contribution is 0.166. The minimum absolute atomic E-state index is 0.611. The van der Waals surface area contributed by atoms with Crippen molar-refractivity contribution in [3.63, 3.8) is 0 Å². The summed E-state index contributed by atoms with van der Waals surface area (Å²) in [5.74, 6) is 2.98. The molecule has 0 N–H and O–H groups in total. The second-order valence-corrected chi connectivity index (χ2v) is 3.87. The van der Waals surface area contributed by atoms with Gasteiger partial charge in [0.15, 0.2) is 0 Å². The van der Waals surface area contributed by atoms with E-state index >= 15 is 0 Å². The fourth-order valence-electron chi connectivity index (χ4n) is 0.623. The molecule has 0 aromatic rings. The predicted octanol–water partition coefficient (Wildman–Crippen LogP) is 2.78. The number of hydrogen-bond donors (Lipinski definition) is 0. The molecule has 0 aliphatic rings. The number of unbranched alkanes of at least 4 members (excludes halogenated alkanes) is 1. The molecule has 1 nitrogen and oxygen atoms in total. The molecule has 0 atom stereocenters. The Morgan fingerprint density at radius 3 is 2.73 bits per heavy atom. The molecule has 0 spiro atoms. The Balaban J connectivity index is 2.69. The topological polar surface area (TPSA) is 9.23 Å². The zero-order valence-electron chi connectivity index (χ0n) is 7.14. The van der Waals surface area contributed by atoms with Crippen LogP contribution in [0.3, 0.4) is 0 Å². The molecule has 0 rings (SSSR count). The first kappa shape index (κ1) is 11.6. The van der Waals surface area contributed by atoms with Crippen LogP contribution in [0.5, 0.6) is 0 Å². The van der Waals surface area contributed by atoms with Gasteiger partial charge in [-0.3, -0.25) is 0 Å². The number of halogens is 1. The third kappa shape index (κ3) is 10.6. The van der Waals surface area contributed by atoms with Crippen molar-refractivity contribution in [2.75, 3.05) is 30.6 Å². The fourth-order valence-corrected chi connectivity index (χ4v) is 1.66. The van der Waals surface area contributed by atoms with Gasteiger partial charge in [-0.1, -0.05) is 13.3 Å². The summed E-state index contributed by atoms with van der Waals surface area (Å²) < 4.78 is 5.21. The maximum atomic E-state index is 5.43. The van der Waals surface area contributed by atoms with Crippen molar-refractivity contribution in [2.24, 2.45) is 0 Å². The minimum atomic E-state index is 0.611. The van der Waals surface area contributed by atoms with E-state index in [2.05, 4.69) is 6.92 Å². The van der Waals surface area contributed by atoms with E-state index in [0.717, 1.165) is 12.4 Å². The van der Waals surface area contributed by atoms with Crippen molar-refractivity contribution in [3.05, 3.63) is 0 Å². The number of ether oxygens (including phenoxy) is 1. The Morgan fingerprint density at radius 1 is 1.27 bits per heavy atom. The van der Waals surface area contributed by atoms with Crippen LogP contribution in [0.1, 0.15) is 19.8 Å². The Morgan fingerprint density at radius 2 is 2.09 bits per heavy atom. The van der Waals surface area contributed by atoms with Gasteiger partial charge in [-0.2, -0.15) is 11.8 Å². The van der Waals surface area contributed by atoms with Crippen LogP contribution in [-0.4, -0.2) is 30.6 Å². The highest BCUT2D eigenvalue weighted by atomic mass is 35.5. The lowest BCUT2D eigenvalue weighted by Gasteiger charge is -2.00. The van der Waals surface area contributed by atoms with E-state index in [1.807, 2.05) is 11.8 Å². The lowest BCUT2D eigenvalue weighted by Crippen LogP contribution is -2.00. The highest BCUT2D eigenvalue weighted by Crippen LogP contribution is 2.03. The summed E-state index contributed by atoms with van der Waals surface area (Å²) >= 11 is 7.39. The van der Waals surface area contributed by atoms with E-state index in [1.54, 1.807) is 0 Å². The number of alkyl halides is 1. The van der Waals surface area contributed by atoms with Gasteiger partial charge in [-0.25, -0.2) is 0 Å². The summed E-state index contributed by atoms with van der Waals surface area (Å²) in [6, 6.07) is 0. The van der Waals surface area contributed by atoms with Crippen LogP contribution in [0, 0.1) is 0 Å². The van der Waals surface area contributed by atoms with Crippen molar-refractivity contribution in [1.82, 2.24) is 0 Å². The summed E-state index contributed by atoms with van der Waals surface area (Å²) in [4.78, 5) is 0. The molecule has 3 heteroatoms. The summed E-state index contributed by atoms with van der Waals surface area (Å²) in [6.07, 6.45) is 2.61. The molecule has 0 saturated carbocycles. The zero-order chi connectivity index (χ0) is 8.36. The Labute approximate surface area is 78.8 Å². The third-order valence-electron chi connectivity index (χ3n) is 1.24. The Kier molecular flexibility index (Phi) is 11.2. The van der Waals surface area contributed by atoms with E-state index < -0.39 is 0 Å². The average Bonchev–Trinajstić information content (AvgIpc) is 2.03. The summed E-state index contributed by atoms with van der Waals surface area (Å²) in [7, 11) is 0. The van der Waals surface area contributed by atoms with Crippen LogP contribution in [0.25, 0.3) is 0 Å². The molecule has 0 amide bonds. The van der Waals surface area contributed by atoms with Crippen LogP contribution in [0.15, 0.2) is 0 Å². The van der Waals surface area contributed by atoms with Gasteiger partial charge in [0.25, 0.3) is 0 Å². The molecule has 0 saturated heterocycles. The van der Waals surface area contributed by atoms with Crippen LogP contribution in [0.4, 0.5) is 0 Å². The van der Waals surface area contributed by atoms with Crippen molar-refractivity contribution in [2.45, 2.75) is 19.8 Å². The zero-order valence-corrected chi connectivity index (χ0v) is 8.72. The average molecular weight is 197 g/mol. The van der Waals surface area contributed by atoms with Gasteiger partial charge in [-0.05, 0) is 12.2 Å². The maximum absolute atomic E-state index is 5.43. The fraction of sp³-hybridized carbons (Fsp3) is 1.00. The molecular formula is C8H17ClOS. The summed E-state index contributed by atoms with van der Waals surface area (Å²) in [5, 5.41) is 0. The van der Waals surface area contributed by atoms with Crippen LogP contribution in [-0.2, 0) is 4.74 Å². The van der Waals surface area contributed by atoms with Gasteiger partial charge in [0.2, 0.25) is 0 Å². The van der Waals surface area contributed by atoms with Crippen molar-refractivity contribution in [3.8, 4) is 0 Å². The molecule has 0 aromatic carbocycles. The second kappa shape index (κ2) is 10.6. The van der Waals surface area contributed by atoms with Crippen molar-refractivity contribution >= 4 is 23.4 Å². The van der Waals surface area contributed by atoms with Crippen molar-refractivity contribution in [1.29, 1.82) is 0 Å². The van der Waals surface area contributed by atoms with E-state index in [0.29, 0.717) is 12.5 Å². The smallest absolute Gasteiger partial charge is 0.0602 e. The molecule has 0 aliphatic carbocycles. The predicted molar refractivity (Wildman–Crippen MR) is 53.8 cm³/mol. The molecular weight excluding hydrogens is 180 g/mol. The monoisotopic (exact) mass is 196 g/mol. The van der Waals surface area contributed by atoms with Gasteiger partial charge >= 0.3 is 0 Å². The SMILES string of the molecule is CCCCSCCOCCCl. The molecule has 0 aliphatic heterocycles. The standard InChI is InChI=1S/C8H17ClOS/c1-2-3-7-11-8-6-10-5-4-9/h2-8H2,1H3. The summed E-state index contributed by atoms with van der Waals surface area (Å²) in [5.41, 5.74) is 0. The van der Waals surface area contributed by atoms with Crippen LogP contribution < -0.4 is 0 Å². The largest absolute Gasteiger partial charge is 0.379 e. The molecule has 68 valence electrons. The number of hydrogen-bond acceptors (Lipinski definition) is 2. The first-order valence-corrected chi connectivity index (χ1v) is 5.82.